The molecule has 5 heteroatoms. The summed E-state index contributed by atoms with van der Waals surface area (Å²) in [7, 11) is 0. The summed E-state index contributed by atoms with van der Waals surface area (Å²) in [5.74, 6) is -1.19. The van der Waals surface area contributed by atoms with E-state index in [0.717, 1.165) is 9.80 Å². The Hall–Kier alpha value is -1.75. The van der Waals surface area contributed by atoms with Gasteiger partial charge in [-0.25, -0.2) is 4.79 Å². The number of rotatable bonds is 1. The fourth-order valence-electron chi connectivity index (χ4n) is 1.47. The lowest BCUT2D eigenvalue weighted by Gasteiger charge is -2.07. The van der Waals surface area contributed by atoms with Crippen LogP contribution in [0.3, 0.4) is 0 Å². The van der Waals surface area contributed by atoms with E-state index in [1.807, 2.05) is 6.92 Å². The summed E-state index contributed by atoms with van der Waals surface area (Å²) in [5, 5.41) is 11.6. The topological polar surface area (TPSA) is 66.4 Å². The van der Waals surface area contributed by atoms with Crippen molar-refractivity contribution in [3.8, 4) is 0 Å². The number of fused-ring (bicyclic) bond motifs is 1. The Morgan fingerprint density at radius 3 is 2.71 bits per heavy atom. The van der Waals surface area contributed by atoms with Crippen LogP contribution >= 0.6 is 11.8 Å². The number of hydrogen-bond acceptors (Lipinski definition) is 3. The van der Waals surface area contributed by atoms with Crippen molar-refractivity contribution < 1.29 is 14.7 Å². The molecule has 1 heterocycles. The standard InChI is InChI=1S/C12H11NO3S/c1-6-7(2)17-10-4-3-8(12(15)16)5-9(10)13-11(6)14/h3-5H,1-2H3,(H,13,14)(H,15,16). The molecule has 0 fully saturated rings. The first kappa shape index (κ1) is 11.7. The zero-order valence-corrected chi connectivity index (χ0v) is 10.2. The van der Waals surface area contributed by atoms with E-state index in [0.29, 0.717) is 11.3 Å². The molecule has 17 heavy (non-hydrogen) atoms. The Bertz CT molecular complexity index is 549. The minimum absolute atomic E-state index is 0.168. The molecular formula is C12H11NO3S. The Balaban J connectivity index is 2.49. The molecule has 1 aromatic rings. The Labute approximate surface area is 103 Å². The maximum Gasteiger partial charge on any atom is 0.335 e. The monoisotopic (exact) mass is 249 g/mol. The highest BCUT2D eigenvalue weighted by molar-refractivity contribution is 8.03. The van der Waals surface area contributed by atoms with Gasteiger partial charge in [0.15, 0.2) is 0 Å². The molecule has 1 aromatic carbocycles. The number of carbonyl (C=O) groups excluding carboxylic acids is 1. The van der Waals surface area contributed by atoms with Crippen molar-refractivity contribution >= 4 is 29.3 Å². The first-order valence-corrected chi connectivity index (χ1v) is 5.84. The minimum Gasteiger partial charge on any atom is -0.478 e. The molecule has 0 spiro atoms. The van der Waals surface area contributed by atoms with Gasteiger partial charge in [-0.05, 0) is 37.0 Å². The van der Waals surface area contributed by atoms with Crippen molar-refractivity contribution in [2.75, 3.05) is 5.32 Å². The van der Waals surface area contributed by atoms with E-state index in [4.69, 9.17) is 5.11 Å². The Morgan fingerprint density at radius 2 is 2.06 bits per heavy atom. The van der Waals surface area contributed by atoms with Crippen LogP contribution in [0.4, 0.5) is 5.69 Å². The number of carboxylic acids is 1. The van der Waals surface area contributed by atoms with Gasteiger partial charge in [0.25, 0.3) is 5.91 Å². The zero-order valence-electron chi connectivity index (χ0n) is 9.40. The van der Waals surface area contributed by atoms with Crippen LogP contribution in [0.5, 0.6) is 0 Å². The fraction of sp³-hybridized carbons (Fsp3) is 0.167. The second-order valence-electron chi connectivity index (χ2n) is 3.75. The van der Waals surface area contributed by atoms with Gasteiger partial charge in [-0.1, -0.05) is 11.8 Å². The number of thioether (sulfide) groups is 1. The summed E-state index contributed by atoms with van der Waals surface area (Å²) < 4.78 is 0. The van der Waals surface area contributed by atoms with Gasteiger partial charge in [-0.3, -0.25) is 4.79 Å². The van der Waals surface area contributed by atoms with Crippen LogP contribution in [-0.4, -0.2) is 17.0 Å². The number of benzene rings is 1. The summed E-state index contributed by atoms with van der Waals surface area (Å²) in [4.78, 5) is 24.4. The molecule has 0 aromatic heterocycles. The van der Waals surface area contributed by atoms with Gasteiger partial charge >= 0.3 is 5.97 Å². The van der Waals surface area contributed by atoms with Gasteiger partial charge in [-0.15, -0.1) is 0 Å². The lowest BCUT2D eigenvalue weighted by molar-refractivity contribution is -0.112. The third kappa shape index (κ3) is 2.19. The molecule has 4 nitrogen and oxygen atoms in total. The highest BCUT2D eigenvalue weighted by Gasteiger charge is 2.18. The quantitative estimate of drug-likeness (QED) is 0.803. The summed E-state index contributed by atoms with van der Waals surface area (Å²) in [6.45, 7) is 3.63. The number of carbonyl (C=O) groups is 2. The first-order valence-electron chi connectivity index (χ1n) is 5.03. The Kier molecular flexibility index (Phi) is 2.93. The maximum atomic E-state index is 11.7. The van der Waals surface area contributed by atoms with Crippen LogP contribution in [0.2, 0.25) is 0 Å². The van der Waals surface area contributed by atoms with Crippen LogP contribution in [0.1, 0.15) is 24.2 Å². The molecule has 0 radical (unpaired) electrons. The van der Waals surface area contributed by atoms with Crippen molar-refractivity contribution in [2.24, 2.45) is 0 Å². The lowest BCUT2D eigenvalue weighted by atomic mass is 10.2. The average Bonchev–Trinajstić information content (AvgIpc) is 2.38. The molecule has 1 aliphatic rings. The van der Waals surface area contributed by atoms with E-state index in [-0.39, 0.29) is 11.5 Å². The van der Waals surface area contributed by atoms with E-state index in [1.54, 1.807) is 13.0 Å². The van der Waals surface area contributed by atoms with Crippen molar-refractivity contribution in [3.63, 3.8) is 0 Å². The van der Waals surface area contributed by atoms with Crippen LogP contribution < -0.4 is 5.32 Å². The van der Waals surface area contributed by atoms with E-state index in [1.165, 1.54) is 23.9 Å². The van der Waals surface area contributed by atoms with Gasteiger partial charge in [0, 0.05) is 10.5 Å². The molecule has 0 bridgehead atoms. The largest absolute Gasteiger partial charge is 0.478 e. The molecule has 0 aliphatic carbocycles. The van der Waals surface area contributed by atoms with Gasteiger partial charge in [0.1, 0.15) is 0 Å². The van der Waals surface area contributed by atoms with Crippen molar-refractivity contribution in [1.82, 2.24) is 0 Å². The van der Waals surface area contributed by atoms with Crippen molar-refractivity contribution in [1.29, 1.82) is 0 Å². The van der Waals surface area contributed by atoms with Crippen molar-refractivity contribution in [3.05, 3.63) is 34.2 Å². The second-order valence-corrected chi connectivity index (χ2v) is 5.01. The van der Waals surface area contributed by atoms with E-state index in [9.17, 15) is 9.59 Å². The van der Waals surface area contributed by atoms with Crippen LogP contribution in [-0.2, 0) is 4.79 Å². The molecule has 2 rings (SSSR count). The van der Waals surface area contributed by atoms with Crippen LogP contribution in [0.15, 0.2) is 33.6 Å². The molecule has 1 aliphatic heterocycles. The van der Waals surface area contributed by atoms with Gasteiger partial charge in [0.05, 0.1) is 11.3 Å². The zero-order chi connectivity index (χ0) is 12.6. The third-order valence-corrected chi connectivity index (χ3v) is 3.79. The predicted molar refractivity (Wildman–Crippen MR) is 66.3 cm³/mol. The average molecular weight is 249 g/mol. The molecule has 2 N–H and O–H groups in total. The van der Waals surface area contributed by atoms with Gasteiger partial charge in [-0.2, -0.15) is 0 Å². The van der Waals surface area contributed by atoms with Crippen LogP contribution in [0.25, 0.3) is 0 Å². The summed E-state index contributed by atoms with van der Waals surface area (Å²) in [5.41, 5.74) is 1.38. The highest BCUT2D eigenvalue weighted by atomic mass is 32.2. The van der Waals surface area contributed by atoms with Gasteiger partial charge < -0.3 is 10.4 Å². The molecule has 0 atom stereocenters. The van der Waals surface area contributed by atoms with Crippen LogP contribution in [0, 0.1) is 0 Å². The number of carboxylic acid groups (broad SMARTS) is 1. The van der Waals surface area contributed by atoms with Crippen molar-refractivity contribution in [2.45, 2.75) is 18.7 Å². The maximum absolute atomic E-state index is 11.7. The summed E-state index contributed by atoms with van der Waals surface area (Å²) in [6, 6.07) is 4.73. The number of anilines is 1. The highest BCUT2D eigenvalue weighted by Crippen LogP contribution is 2.37. The summed E-state index contributed by atoms with van der Waals surface area (Å²) in [6.07, 6.45) is 0. The Morgan fingerprint density at radius 1 is 1.35 bits per heavy atom. The molecule has 0 unspecified atom stereocenters. The lowest BCUT2D eigenvalue weighted by Crippen LogP contribution is -2.12. The van der Waals surface area contributed by atoms with Gasteiger partial charge in [0.2, 0.25) is 0 Å². The second kappa shape index (κ2) is 4.25. The first-order chi connectivity index (χ1) is 7.99. The minimum atomic E-state index is -1.00. The fourth-order valence-corrected chi connectivity index (χ4v) is 2.40. The molecule has 1 amide bonds. The summed E-state index contributed by atoms with van der Waals surface area (Å²) >= 11 is 1.47. The molecule has 0 saturated carbocycles. The number of nitrogens with one attached hydrogen (secondary N) is 1. The third-order valence-electron chi connectivity index (χ3n) is 2.61. The van der Waals surface area contributed by atoms with E-state index >= 15 is 0 Å². The number of hydrogen-bond donors (Lipinski definition) is 2. The predicted octanol–water partition coefficient (Wildman–Crippen LogP) is 2.72. The molecule has 88 valence electrons. The number of amides is 1. The SMILES string of the molecule is CC1=C(C)C(=O)Nc2cc(C(=O)O)ccc2S1. The molecule has 0 saturated heterocycles. The van der Waals surface area contributed by atoms with E-state index in [2.05, 4.69) is 5.32 Å². The normalized spacial score (nSPS) is 15.1. The smallest absolute Gasteiger partial charge is 0.335 e. The molecular weight excluding hydrogens is 238 g/mol. The number of aromatic carboxylic acids is 1. The number of allylic oxidation sites excluding steroid dienone is 1. The van der Waals surface area contributed by atoms with E-state index < -0.39 is 5.97 Å².